The van der Waals surface area contributed by atoms with Gasteiger partial charge in [-0.25, -0.2) is 4.98 Å². The van der Waals surface area contributed by atoms with Crippen molar-refractivity contribution in [1.29, 1.82) is 0 Å². The Morgan fingerprint density at radius 3 is 3.05 bits per heavy atom. The number of hydrogen-bond donors (Lipinski definition) is 0. The number of amides is 1. The van der Waals surface area contributed by atoms with Gasteiger partial charge >= 0.3 is 0 Å². The molecular weight excluding hydrogens is 286 g/mol. The number of carbonyl (C=O) groups is 1. The smallest absolute Gasteiger partial charge is 0.244 e. The van der Waals surface area contributed by atoms with Crippen molar-refractivity contribution in [3.63, 3.8) is 0 Å². The second-order valence-electron chi connectivity index (χ2n) is 5.36. The molecule has 0 bridgehead atoms. The van der Waals surface area contributed by atoms with Crippen LogP contribution in [-0.4, -0.2) is 45.2 Å². The van der Waals surface area contributed by atoms with Gasteiger partial charge in [-0.05, 0) is 19.9 Å². The number of likely N-dealkylation sites (N-methyl/N-ethyl adjacent to an activating group) is 1. The Bertz CT molecular complexity index is 609. The van der Waals surface area contributed by atoms with Crippen molar-refractivity contribution in [2.24, 2.45) is 7.05 Å². The largest absolute Gasteiger partial charge is 0.308 e. The van der Waals surface area contributed by atoms with E-state index in [2.05, 4.69) is 15.0 Å². The number of nitrogens with zero attached hydrogens (tertiary/aromatic N) is 5. The highest BCUT2D eigenvalue weighted by atomic mass is 32.1. The van der Waals surface area contributed by atoms with E-state index in [1.54, 1.807) is 28.4 Å². The maximum Gasteiger partial charge on any atom is 0.244 e. The van der Waals surface area contributed by atoms with E-state index in [1.165, 1.54) is 0 Å². The van der Waals surface area contributed by atoms with E-state index in [4.69, 9.17) is 0 Å². The monoisotopic (exact) mass is 305 g/mol. The van der Waals surface area contributed by atoms with Gasteiger partial charge < -0.3 is 4.90 Å². The Morgan fingerprint density at radius 2 is 2.38 bits per heavy atom. The molecule has 1 amide bonds. The summed E-state index contributed by atoms with van der Waals surface area (Å²) in [5.74, 6) is 0.160. The summed E-state index contributed by atoms with van der Waals surface area (Å²) in [5.41, 5.74) is 0.884. The molecule has 112 valence electrons. The van der Waals surface area contributed by atoms with E-state index in [-0.39, 0.29) is 11.9 Å². The number of anilines is 1. The molecule has 0 aromatic carbocycles. The summed E-state index contributed by atoms with van der Waals surface area (Å²) < 4.78 is 1.73. The van der Waals surface area contributed by atoms with Gasteiger partial charge in [-0.3, -0.25) is 14.4 Å². The Labute approximate surface area is 128 Å². The van der Waals surface area contributed by atoms with Crippen LogP contribution in [0, 0.1) is 0 Å². The molecule has 1 aliphatic rings. The van der Waals surface area contributed by atoms with Crippen molar-refractivity contribution in [3.05, 3.63) is 29.0 Å². The molecule has 0 N–H and O–H groups in total. The van der Waals surface area contributed by atoms with Crippen LogP contribution in [0.15, 0.2) is 24.0 Å². The second-order valence-corrected chi connectivity index (χ2v) is 6.34. The molecule has 6 nitrogen and oxygen atoms in total. The predicted molar refractivity (Wildman–Crippen MR) is 82.2 cm³/mol. The molecule has 7 heteroatoms. The van der Waals surface area contributed by atoms with Crippen molar-refractivity contribution >= 4 is 22.9 Å². The highest BCUT2D eigenvalue weighted by Crippen LogP contribution is 2.23. The van der Waals surface area contributed by atoms with E-state index < -0.39 is 0 Å². The third kappa shape index (κ3) is 2.98. The van der Waals surface area contributed by atoms with E-state index in [9.17, 15) is 4.79 Å². The number of rotatable bonds is 4. The van der Waals surface area contributed by atoms with Crippen LogP contribution in [-0.2, 0) is 18.4 Å². The minimum Gasteiger partial charge on any atom is -0.308 e. The Balaban J connectivity index is 1.72. The van der Waals surface area contributed by atoms with Gasteiger partial charge in [0.25, 0.3) is 0 Å². The number of hydrogen-bond acceptors (Lipinski definition) is 5. The predicted octanol–water partition coefficient (Wildman–Crippen LogP) is 1.50. The SMILES string of the molecule is CN(Cc1nccs1)[C@H]1CCCN(c2cnn(C)c2)C1=O. The zero-order chi connectivity index (χ0) is 14.8. The molecular formula is C14H19N5OS. The molecule has 1 aliphatic heterocycles. The van der Waals surface area contributed by atoms with Crippen LogP contribution in [0.5, 0.6) is 0 Å². The molecule has 0 aliphatic carbocycles. The maximum atomic E-state index is 12.7. The Morgan fingerprint density at radius 1 is 1.52 bits per heavy atom. The average Bonchev–Trinajstić information content (AvgIpc) is 3.10. The van der Waals surface area contributed by atoms with E-state index in [0.717, 1.165) is 36.6 Å². The van der Waals surface area contributed by atoms with Crippen molar-refractivity contribution in [2.75, 3.05) is 18.5 Å². The second kappa shape index (κ2) is 5.95. The molecule has 2 aromatic rings. The molecule has 21 heavy (non-hydrogen) atoms. The topological polar surface area (TPSA) is 54.3 Å². The van der Waals surface area contributed by atoms with Crippen LogP contribution in [0.2, 0.25) is 0 Å². The summed E-state index contributed by atoms with van der Waals surface area (Å²) in [6.07, 6.45) is 7.35. The van der Waals surface area contributed by atoms with Gasteiger partial charge in [0.1, 0.15) is 5.01 Å². The third-order valence-corrected chi connectivity index (χ3v) is 4.58. The van der Waals surface area contributed by atoms with E-state index in [0.29, 0.717) is 0 Å². The number of thiazole rings is 1. The highest BCUT2D eigenvalue weighted by Gasteiger charge is 2.33. The van der Waals surface area contributed by atoms with Gasteiger partial charge in [-0.1, -0.05) is 0 Å². The van der Waals surface area contributed by atoms with Crippen LogP contribution in [0.1, 0.15) is 17.8 Å². The van der Waals surface area contributed by atoms with Gasteiger partial charge in [0, 0.05) is 31.4 Å². The van der Waals surface area contributed by atoms with Crippen molar-refractivity contribution in [1.82, 2.24) is 19.7 Å². The first-order valence-corrected chi connectivity index (χ1v) is 7.92. The van der Waals surface area contributed by atoms with E-state index in [1.807, 2.05) is 30.6 Å². The number of aryl methyl sites for hydroxylation is 1. The lowest BCUT2D eigenvalue weighted by Crippen LogP contribution is -2.51. The highest BCUT2D eigenvalue weighted by molar-refractivity contribution is 7.09. The van der Waals surface area contributed by atoms with Gasteiger partial charge in [0.15, 0.2) is 0 Å². The lowest BCUT2D eigenvalue weighted by molar-refractivity contribution is -0.125. The van der Waals surface area contributed by atoms with E-state index >= 15 is 0 Å². The molecule has 3 rings (SSSR count). The average molecular weight is 305 g/mol. The zero-order valence-electron chi connectivity index (χ0n) is 12.3. The Hall–Kier alpha value is -1.73. The Kier molecular flexibility index (Phi) is 4.03. The van der Waals surface area contributed by atoms with Gasteiger partial charge in [-0.15, -0.1) is 11.3 Å². The molecule has 2 aromatic heterocycles. The molecule has 1 saturated heterocycles. The summed E-state index contributed by atoms with van der Waals surface area (Å²) in [5, 5.41) is 7.17. The first-order chi connectivity index (χ1) is 10.1. The van der Waals surface area contributed by atoms with Crippen molar-refractivity contribution in [3.8, 4) is 0 Å². The molecule has 0 radical (unpaired) electrons. The fourth-order valence-corrected chi connectivity index (χ4v) is 3.40. The molecule has 1 atom stereocenters. The molecule has 1 fully saturated rings. The molecule has 0 spiro atoms. The van der Waals surface area contributed by atoms with Crippen molar-refractivity contribution in [2.45, 2.75) is 25.4 Å². The van der Waals surface area contributed by atoms with Crippen LogP contribution < -0.4 is 4.90 Å². The minimum atomic E-state index is -0.0807. The quantitative estimate of drug-likeness (QED) is 0.859. The molecule has 0 unspecified atom stereocenters. The molecule has 3 heterocycles. The van der Waals surface area contributed by atoms with Gasteiger partial charge in [0.05, 0.1) is 24.5 Å². The first kappa shape index (κ1) is 14.2. The summed E-state index contributed by atoms with van der Waals surface area (Å²) in [7, 11) is 3.86. The minimum absolute atomic E-state index is 0.0807. The van der Waals surface area contributed by atoms with Gasteiger partial charge in [-0.2, -0.15) is 5.10 Å². The summed E-state index contributed by atoms with van der Waals surface area (Å²) >= 11 is 1.63. The fourth-order valence-electron chi connectivity index (χ4n) is 2.72. The lowest BCUT2D eigenvalue weighted by Gasteiger charge is -2.35. The zero-order valence-corrected chi connectivity index (χ0v) is 13.1. The number of aromatic nitrogens is 3. The van der Waals surface area contributed by atoms with Crippen LogP contribution in [0.4, 0.5) is 5.69 Å². The summed E-state index contributed by atoms with van der Waals surface area (Å²) in [6, 6.07) is -0.0807. The third-order valence-electron chi connectivity index (χ3n) is 3.81. The maximum absolute atomic E-state index is 12.7. The number of piperidine rings is 1. The van der Waals surface area contributed by atoms with Crippen LogP contribution >= 0.6 is 11.3 Å². The summed E-state index contributed by atoms with van der Waals surface area (Å²) in [4.78, 5) is 21.0. The first-order valence-electron chi connectivity index (χ1n) is 7.04. The lowest BCUT2D eigenvalue weighted by atomic mass is 10.0. The fraction of sp³-hybridized carbons (Fsp3) is 0.500. The standard InChI is InChI=1S/C14H19N5OS/c1-17(10-13-15-5-7-21-13)12-4-3-6-19(14(12)20)11-8-16-18(2)9-11/h5,7-9,12H,3-4,6,10H2,1-2H3/t12-/m0/s1. The van der Waals surface area contributed by atoms with Crippen molar-refractivity contribution < 1.29 is 4.79 Å². The number of carbonyl (C=O) groups excluding carboxylic acids is 1. The van der Waals surface area contributed by atoms with Crippen LogP contribution in [0.25, 0.3) is 0 Å². The summed E-state index contributed by atoms with van der Waals surface area (Å²) in [6.45, 7) is 1.49. The van der Waals surface area contributed by atoms with Gasteiger partial charge in [0.2, 0.25) is 5.91 Å². The normalized spacial score (nSPS) is 19.5. The van der Waals surface area contributed by atoms with Crippen LogP contribution in [0.3, 0.4) is 0 Å². The molecule has 0 saturated carbocycles.